The van der Waals surface area contributed by atoms with Crippen LogP contribution >= 0.6 is 11.6 Å². The number of benzene rings is 2. The average molecular weight is 440 g/mol. The smallest absolute Gasteiger partial charge is 0.305 e. The minimum atomic E-state index is -0.521. The van der Waals surface area contributed by atoms with Gasteiger partial charge in [-0.25, -0.2) is 0 Å². The number of nitrogens with zero attached hydrogens (tertiary/aromatic N) is 1. The highest BCUT2D eigenvalue weighted by Crippen LogP contribution is 2.25. The molecule has 8 heteroatoms. The number of fused-ring (bicyclic) bond motifs is 1. The zero-order valence-corrected chi connectivity index (χ0v) is 17.7. The maximum atomic E-state index is 12.7. The van der Waals surface area contributed by atoms with Gasteiger partial charge in [0.05, 0.1) is 5.92 Å². The van der Waals surface area contributed by atoms with Crippen molar-refractivity contribution in [2.75, 3.05) is 13.1 Å². The third-order valence-electron chi connectivity index (χ3n) is 5.52. The van der Waals surface area contributed by atoms with Gasteiger partial charge in [0.15, 0.2) is 5.76 Å². The molecule has 3 amide bonds. The zero-order chi connectivity index (χ0) is 22.0. The molecule has 31 heavy (non-hydrogen) atoms. The highest BCUT2D eigenvalue weighted by molar-refractivity contribution is 6.30. The molecule has 2 N–H and O–H groups in total. The van der Waals surface area contributed by atoms with Gasteiger partial charge in [-0.2, -0.15) is 0 Å². The first kappa shape index (κ1) is 20.9. The first-order valence-electron chi connectivity index (χ1n) is 10.1. The molecular formula is C23H22ClN3O4. The Bertz CT molecular complexity index is 1140. The average Bonchev–Trinajstić information content (AvgIpc) is 3.14. The third-order valence-corrected chi connectivity index (χ3v) is 5.77. The molecule has 4 rings (SSSR count). The number of likely N-dealkylation sites (tertiary alicyclic amines) is 1. The number of hydrogen-bond donors (Lipinski definition) is 2. The van der Waals surface area contributed by atoms with E-state index in [1.807, 2.05) is 18.2 Å². The van der Waals surface area contributed by atoms with Crippen molar-refractivity contribution >= 4 is 40.3 Å². The van der Waals surface area contributed by atoms with Gasteiger partial charge in [-0.15, -0.1) is 0 Å². The molecule has 7 nitrogen and oxygen atoms in total. The molecule has 1 unspecified atom stereocenters. The second-order valence-corrected chi connectivity index (χ2v) is 8.03. The van der Waals surface area contributed by atoms with Gasteiger partial charge >= 0.3 is 5.91 Å². The molecule has 0 bridgehead atoms. The molecule has 1 fully saturated rings. The summed E-state index contributed by atoms with van der Waals surface area (Å²) in [7, 11) is 0. The summed E-state index contributed by atoms with van der Waals surface area (Å²) in [6.07, 6.45) is 1.34. The van der Waals surface area contributed by atoms with Crippen molar-refractivity contribution in [1.82, 2.24) is 15.8 Å². The lowest BCUT2D eigenvalue weighted by Crippen LogP contribution is -2.50. The molecule has 2 aromatic carbocycles. The van der Waals surface area contributed by atoms with Crippen LogP contribution in [0.15, 0.2) is 52.9 Å². The maximum Gasteiger partial charge on any atom is 0.305 e. The van der Waals surface area contributed by atoms with Crippen molar-refractivity contribution in [1.29, 1.82) is 0 Å². The van der Waals surface area contributed by atoms with Crippen LogP contribution in [0.3, 0.4) is 0 Å². The molecule has 0 aliphatic carbocycles. The highest BCUT2D eigenvalue weighted by Gasteiger charge is 2.29. The van der Waals surface area contributed by atoms with Gasteiger partial charge in [0.25, 0.3) is 5.91 Å². The van der Waals surface area contributed by atoms with Gasteiger partial charge in [0.2, 0.25) is 5.91 Å². The van der Waals surface area contributed by atoms with E-state index in [-0.39, 0.29) is 24.1 Å². The Morgan fingerprint density at radius 1 is 1.06 bits per heavy atom. The summed E-state index contributed by atoms with van der Waals surface area (Å²) in [6.45, 7) is 2.66. The Hall–Kier alpha value is -3.32. The predicted molar refractivity (Wildman–Crippen MR) is 117 cm³/mol. The molecule has 3 aromatic rings. The van der Waals surface area contributed by atoms with E-state index in [4.69, 9.17) is 16.0 Å². The summed E-state index contributed by atoms with van der Waals surface area (Å²) in [6, 6.07) is 14.0. The van der Waals surface area contributed by atoms with Gasteiger partial charge in [0, 0.05) is 34.6 Å². The molecule has 0 radical (unpaired) electrons. The van der Waals surface area contributed by atoms with Crippen molar-refractivity contribution < 1.29 is 18.8 Å². The van der Waals surface area contributed by atoms with E-state index in [9.17, 15) is 14.4 Å². The Morgan fingerprint density at radius 2 is 1.81 bits per heavy atom. The number of aryl methyl sites for hydroxylation is 1. The van der Waals surface area contributed by atoms with Crippen molar-refractivity contribution in [2.45, 2.75) is 19.8 Å². The van der Waals surface area contributed by atoms with Crippen molar-refractivity contribution in [2.24, 2.45) is 5.92 Å². The summed E-state index contributed by atoms with van der Waals surface area (Å²) in [5, 5.41) is 1.41. The fraction of sp³-hybridized carbons (Fsp3) is 0.261. The topological polar surface area (TPSA) is 91.7 Å². The Labute approximate surface area is 184 Å². The first-order valence-corrected chi connectivity index (χ1v) is 10.4. The number of hydrazine groups is 1. The fourth-order valence-electron chi connectivity index (χ4n) is 3.82. The number of carbonyl (C=O) groups is 3. The molecule has 1 aromatic heterocycles. The van der Waals surface area contributed by atoms with Gasteiger partial charge in [-0.3, -0.25) is 25.2 Å². The number of para-hydroxylation sites is 1. The first-order chi connectivity index (χ1) is 14.9. The molecule has 0 spiro atoms. The number of piperidine rings is 1. The van der Waals surface area contributed by atoms with Gasteiger partial charge < -0.3 is 9.32 Å². The van der Waals surface area contributed by atoms with E-state index in [1.165, 1.54) is 0 Å². The van der Waals surface area contributed by atoms with Gasteiger partial charge in [0.1, 0.15) is 5.58 Å². The third kappa shape index (κ3) is 4.41. The molecule has 0 saturated carbocycles. The lowest BCUT2D eigenvalue weighted by atomic mass is 9.96. The van der Waals surface area contributed by atoms with Crippen LogP contribution in [0.1, 0.15) is 39.3 Å². The number of carbonyl (C=O) groups excluding carboxylic acids is 3. The van der Waals surface area contributed by atoms with E-state index in [0.717, 1.165) is 5.39 Å². The summed E-state index contributed by atoms with van der Waals surface area (Å²) in [5.74, 6) is -1.26. The van der Waals surface area contributed by atoms with Crippen LogP contribution in [0, 0.1) is 12.8 Å². The van der Waals surface area contributed by atoms with Crippen molar-refractivity contribution in [3.63, 3.8) is 0 Å². The second-order valence-electron chi connectivity index (χ2n) is 7.59. The predicted octanol–water partition coefficient (Wildman–Crippen LogP) is 3.71. The number of furan rings is 1. The molecule has 1 saturated heterocycles. The zero-order valence-electron chi connectivity index (χ0n) is 17.0. The SMILES string of the molecule is Cc1c(C(=O)NNC(=O)C2CCCN(C(=O)c3ccc(Cl)cc3)C2)oc2ccccc12. The lowest BCUT2D eigenvalue weighted by molar-refractivity contribution is -0.127. The Morgan fingerprint density at radius 3 is 2.55 bits per heavy atom. The summed E-state index contributed by atoms with van der Waals surface area (Å²) in [4.78, 5) is 39.5. The van der Waals surface area contributed by atoms with Crippen LogP contribution in [-0.2, 0) is 4.79 Å². The molecule has 1 aliphatic rings. The monoisotopic (exact) mass is 439 g/mol. The molecule has 1 atom stereocenters. The summed E-state index contributed by atoms with van der Waals surface area (Å²) in [5.41, 5.74) is 6.75. The summed E-state index contributed by atoms with van der Waals surface area (Å²) >= 11 is 5.89. The standard InChI is InChI=1S/C23H22ClN3O4/c1-14-18-6-2-3-7-19(18)31-20(14)22(29)26-25-21(28)16-5-4-12-27(13-16)23(30)15-8-10-17(24)11-9-15/h2-3,6-11,16H,4-5,12-13H2,1H3,(H,25,28)(H,26,29). The molecular weight excluding hydrogens is 418 g/mol. The molecule has 160 valence electrons. The fourth-order valence-corrected chi connectivity index (χ4v) is 3.94. The quantitative estimate of drug-likeness (QED) is 0.608. The molecule has 2 heterocycles. The number of nitrogens with one attached hydrogen (secondary N) is 2. The summed E-state index contributed by atoms with van der Waals surface area (Å²) < 4.78 is 5.62. The lowest BCUT2D eigenvalue weighted by Gasteiger charge is -2.32. The van der Waals surface area contributed by atoms with Crippen molar-refractivity contribution in [3.8, 4) is 0 Å². The second kappa shape index (κ2) is 8.81. The van der Waals surface area contributed by atoms with Crippen LogP contribution in [0.25, 0.3) is 11.0 Å². The van der Waals surface area contributed by atoms with Crippen LogP contribution in [0.4, 0.5) is 0 Å². The minimum absolute atomic E-state index is 0.142. The maximum absolute atomic E-state index is 12.7. The minimum Gasteiger partial charge on any atom is -0.451 e. The van der Waals surface area contributed by atoms with Gasteiger partial charge in [-0.1, -0.05) is 29.8 Å². The molecule has 1 aliphatic heterocycles. The Balaban J connectivity index is 1.36. The van der Waals surface area contributed by atoms with E-state index >= 15 is 0 Å². The number of hydrogen-bond acceptors (Lipinski definition) is 4. The largest absolute Gasteiger partial charge is 0.451 e. The number of amides is 3. The van der Waals surface area contributed by atoms with Crippen molar-refractivity contribution in [3.05, 3.63) is 70.4 Å². The van der Waals surface area contributed by atoms with Crippen LogP contribution in [0.5, 0.6) is 0 Å². The number of rotatable bonds is 3. The highest BCUT2D eigenvalue weighted by atomic mass is 35.5. The van der Waals surface area contributed by atoms with E-state index in [2.05, 4.69) is 10.9 Å². The number of halogens is 1. The normalized spacial score (nSPS) is 16.2. The van der Waals surface area contributed by atoms with Gasteiger partial charge in [-0.05, 0) is 50.1 Å². The van der Waals surface area contributed by atoms with E-state index in [1.54, 1.807) is 42.2 Å². The van der Waals surface area contributed by atoms with Crippen LogP contribution in [-0.4, -0.2) is 35.7 Å². The van der Waals surface area contributed by atoms with E-state index < -0.39 is 11.8 Å². The van der Waals surface area contributed by atoms with Crippen LogP contribution in [0.2, 0.25) is 5.02 Å². The van der Waals surface area contributed by atoms with Crippen LogP contribution < -0.4 is 10.9 Å². The van der Waals surface area contributed by atoms with E-state index in [0.29, 0.717) is 41.1 Å². The Kier molecular flexibility index (Phi) is 5.95.